The van der Waals surface area contributed by atoms with Crippen molar-refractivity contribution in [3.63, 3.8) is 0 Å². The van der Waals surface area contributed by atoms with Crippen LogP contribution in [0.4, 0.5) is 36.3 Å². The normalized spacial score (nSPS) is 22.6. The molecule has 2 unspecified atom stereocenters. The number of amides is 2. The highest BCUT2D eigenvalue weighted by atomic mass is 35.5. The number of hydrogen-bond acceptors (Lipinski definition) is 11. The van der Waals surface area contributed by atoms with Gasteiger partial charge in [0.1, 0.15) is 10.8 Å². The monoisotopic (exact) mass is 872 g/mol. The van der Waals surface area contributed by atoms with Crippen LogP contribution in [0.25, 0.3) is 21.8 Å². The minimum Gasteiger partial charge on any atom is -0.480 e. The Morgan fingerprint density at radius 3 is 2.47 bits per heavy atom. The first kappa shape index (κ1) is 40.6. The van der Waals surface area contributed by atoms with Crippen LogP contribution in [0.2, 0.25) is 5.02 Å². The molecule has 3 N–H and O–H groups in total. The van der Waals surface area contributed by atoms with Crippen molar-refractivity contribution in [3.05, 3.63) is 69.0 Å². The summed E-state index contributed by atoms with van der Waals surface area (Å²) in [6.45, 7) is 3.59. The predicted octanol–water partition coefficient (Wildman–Crippen LogP) is 6.59. The lowest BCUT2D eigenvalue weighted by Crippen LogP contribution is -2.44. The van der Waals surface area contributed by atoms with Crippen molar-refractivity contribution in [2.45, 2.75) is 75.2 Å². The molecule has 10 rings (SSSR count). The van der Waals surface area contributed by atoms with Gasteiger partial charge in [-0.1, -0.05) is 23.7 Å². The van der Waals surface area contributed by atoms with Crippen LogP contribution in [-0.4, -0.2) is 92.3 Å². The molecule has 0 bridgehead atoms. The van der Waals surface area contributed by atoms with Crippen molar-refractivity contribution >= 4 is 68.4 Å². The summed E-state index contributed by atoms with van der Waals surface area (Å²) in [5.41, 5.74) is 2.73. The molecule has 4 fully saturated rings. The zero-order valence-corrected chi connectivity index (χ0v) is 35.3. The number of alkyl halides is 2. The molecule has 0 radical (unpaired) electrons. The summed E-state index contributed by atoms with van der Waals surface area (Å²) in [6, 6.07) is 7.92. The van der Waals surface area contributed by atoms with Gasteiger partial charge in [-0.05, 0) is 93.5 Å². The topological polar surface area (TPSA) is 152 Å². The molecule has 2 amide bonds. The molecule has 18 heteroatoms. The molecule has 5 aliphatic rings. The van der Waals surface area contributed by atoms with Crippen molar-refractivity contribution in [1.29, 1.82) is 0 Å². The summed E-state index contributed by atoms with van der Waals surface area (Å²) in [7, 11) is 3.36. The molecule has 3 aromatic heterocycles. The van der Waals surface area contributed by atoms with E-state index in [1.54, 1.807) is 0 Å². The van der Waals surface area contributed by atoms with E-state index >= 15 is 13.2 Å². The van der Waals surface area contributed by atoms with Crippen LogP contribution >= 0.6 is 11.6 Å². The van der Waals surface area contributed by atoms with Gasteiger partial charge in [-0.25, -0.2) is 18.2 Å². The molecule has 5 aromatic rings. The number of aromatic nitrogens is 5. The van der Waals surface area contributed by atoms with Gasteiger partial charge in [0.2, 0.25) is 23.5 Å². The Morgan fingerprint density at radius 1 is 0.952 bits per heavy atom. The largest absolute Gasteiger partial charge is 0.480 e. The number of carbonyl (C=O) groups excluding carboxylic acids is 2. The van der Waals surface area contributed by atoms with E-state index in [9.17, 15) is 14.4 Å². The van der Waals surface area contributed by atoms with Gasteiger partial charge >= 0.3 is 5.92 Å². The number of ether oxygens (including phenoxy) is 1. The number of imide groups is 1. The number of fused-ring (bicyclic) bond motifs is 4. The number of benzene rings is 2. The minimum absolute atomic E-state index is 0.00426. The second-order valence-corrected chi connectivity index (χ2v) is 18.1. The van der Waals surface area contributed by atoms with Crippen LogP contribution in [0.15, 0.2) is 41.3 Å². The molecule has 2 atom stereocenters. The summed E-state index contributed by atoms with van der Waals surface area (Å²) < 4.78 is 54.6. The number of likely N-dealkylation sites (tertiary alicyclic amines) is 1. The number of nitrogens with one attached hydrogen (secondary N) is 3. The molecule has 2 aromatic carbocycles. The number of aryl methyl sites for hydroxylation is 2. The van der Waals surface area contributed by atoms with Crippen LogP contribution in [0.1, 0.15) is 74.5 Å². The van der Waals surface area contributed by atoms with Crippen LogP contribution in [0.3, 0.4) is 0 Å². The van der Waals surface area contributed by atoms with Crippen molar-refractivity contribution < 1.29 is 27.5 Å². The Bertz CT molecular complexity index is 2670. The van der Waals surface area contributed by atoms with E-state index in [1.165, 1.54) is 35.5 Å². The van der Waals surface area contributed by atoms with E-state index in [0.717, 1.165) is 75.0 Å². The van der Waals surface area contributed by atoms with E-state index in [1.807, 2.05) is 11.7 Å². The zero-order chi connectivity index (χ0) is 43.0. The maximum atomic E-state index is 15.8. The lowest BCUT2D eigenvalue weighted by Gasteiger charge is -2.38. The molecule has 62 heavy (non-hydrogen) atoms. The molecular formula is C44H48ClF3N10O4. The van der Waals surface area contributed by atoms with Crippen LogP contribution in [0.5, 0.6) is 5.75 Å². The number of halogens is 4. The summed E-state index contributed by atoms with van der Waals surface area (Å²) in [4.78, 5) is 51.4. The van der Waals surface area contributed by atoms with Gasteiger partial charge in [0, 0.05) is 57.0 Å². The number of hydrogen-bond donors (Lipinski definition) is 3. The zero-order valence-electron chi connectivity index (χ0n) is 34.5. The molecule has 326 valence electrons. The van der Waals surface area contributed by atoms with Crippen molar-refractivity contribution in [1.82, 2.24) is 34.5 Å². The van der Waals surface area contributed by atoms with Gasteiger partial charge in [0.15, 0.2) is 12.4 Å². The number of carbonyl (C=O) groups is 2. The maximum absolute atomic E-state index is 15.8. The van der Waals surface area contributed by atoms with Crippen LogP contribution in [-0.2, 0) is 23.7 Å². The molecule has 1 saturated carbocycles. The van der Waals surface area contributed by atoms with Gasteiger partial charge < -0.3 is 29.7 Å². The SMILES string of the molecule is Cn1nc(C2CCC(=O)NC2=O)c2ccc(C3CCN(CC4CCN(c5ncc(Cl)c(Nc6cc7c8c(c(=O)n(C)c7cc6F)OCC(F)(F)C(C6CC6)N8)n5)CC4)CC3)cc21. The third-order valence-electron chi connectivity index (χ3n) is 13.6. The van der Waals surface area contributed by atoms with Gasteiger partial charge in [-0.2, -0.15) is 10.1 Å². The maximum Gasteiger partial charge on any atom is 0.301 e. The molecule has 1 aliphatic carbocycles. The highest BCUT2D eigenvalue weighted by molar-refractivity contribution is 6.33. The highest BCUT2D eigenvalue weighted by Crippen LogP contribution is 2.46. The van der Waals surface area contributed by atoms with E-state index in [-0.39, 0.29) is 51.2 Å². The smallest absolute Gasteiger partial charge is 0.301 e. The molecule has 14 nitrogen and oxygen atoms in total. The standard InChI is InChI=1S/C44H48ClF3N10O4/c1-55-33-19-31(46)32(18-29(33)37-38(42(55)61)62-22-44(47,48)39(52-37)25-3-4-25)50-40-30(45)20-49-43(53-40)58-15-9-23(10-16-58)21-57-13-11-24(12-14-57)26-5-6-27-34(17-26)56(2)54-36(27)28-7-8-35(59)51-41(28)60/h5-6,17-20,23-25,28,39,52H,3-4,7-16,21-22H2,1-2H3,(H,49,50,53)(H,51,59,60). The van der Waals surface area contributed by atoms with E-state index in [0.29, 0.717) is 48.9 Å². The van der Waals surface area contributed by atoms with Gasteiger partial charge in [0.05, 0.1) is 46.3 Å². The predicted molar refractivity (Wildman–Crippen MR) is 229 cm³/mol. The molecule has 7 heterocycles. The highest BCUT2D eigenvalue weighted by Gasteiger charge is 2.51. The fourth-order valence-electron chi connectivity index (χ4n) is 9.94. The summed E-state index contributed by atoms with van der Waals surface area (Å²) in [5.74, 6) is -3.69. The van der Waals surface area contributed by atoms with Gasteiger partial charge in [-0.15, -0.1) is 0 Å². The van der Waals surface area contributed by atoms with E-state index in [2.05, 4.69) is 48.9 Å². The number of nitrogens with zero attached hydrogens (tertiary/aromatic N) is 7. The Morgan fingerprint density at radius 2 is 1.73 bits per heavy atom. The van der Waals surface area contributed by atoms with Crippen LogP contribution < -0.4 is 31.1 Å². The Labute approximate surface area is 360 Å². The number of rotatable bonds is 8. The second-order valence-electron chi connectivity index (χ2n) is 17.7. The lowest BCUT2D eigenvalue weighted by atomic mass is 9.87. The van der Waals surface area contributed by atoms with Crippen molar-refractivity contribution in [2.75, 3.05) is 54.9 Å². The molecule has 4 aliphatic heterocycles. The Balaban J connectivity index is 0.774. The molecule has 0 spiro atoms. The number of pyridine rings is 1. The Hall–Kier alpha value is -5.42. The third kappa shape index (κ3) is 7.50. The molecular weight excluding hydrogens is 825 g/mol. The number of piperidine rings is 3. The minimum atomic E-state index is -3.20. The summed E-state index contributed by atoms with van der Waals surface area (Å²) in [6.07, 6.45) is 7.58. The Kier molecular flexibility index (Phi) is 10.3. The first-order chi connectivity index (χ1) is 29.8. The van der Waals surface area contributed by atoms with E-state index < -0.39 is 35.9 Å². The van der Waals surface area contributed by atoms with Gasteiger partial charge in [-0.3, -0.25) is 24.4 Å². The molecule has 3 saturated heterocycles. The first-order valence-corrected chi connectivity index (χ1v) is 21.9. The lowest BCUT2D eigenvalue weighted by molar-refractivity contribution is -0.134. The second kappa shape index (κ2) is 15.7. The average Bonchev–Trinajstić information content (AvgIpc) is 4.06. The first-order valence-electron chi connectivity index (χ1n) is 21.5. The quantitative estimate of drug-likeness (QED) is 0.145. The summed E-state index contributed by atoms with van der Waals surface area (Å²) >= 11 is 6.56. The summed E-state index contributed by atoms with van der Waals surface area (Å²) in [5, 5.41) is 14.6. The van der Waals surface area contributed by atoms with Crippen molar-refractivity contribution in [3.8, 4) is 5.75 Å². The van der Waals surface area contributed by atoms with Gasteiger partial charge in [0.25, 0.3) is 5.56 Å². The fraction of sp³-hybridized carbons (Fsp3) is 0.500. The number of anilines is 4. The van der Waals surface area contributed by atoms with Crippen molar-refractivity contribution in [2.24, 2.45) is 25.9 Å². The van der Waals surface area contributed by atoms with E-state index in [4.69, 9.17) is 26.4 Å². The third-order valence-corrected chi connectivity index (χ3v) is 13.9. The fourth-order valence-corrected chi connectivity index (χ4v) is 10.1. The average molecular weight is 873 g/mol. The van der Waals surface area contributed by atoms with Crippen LogP contribution in [0, 0.1) is 17.7 Å².